The Morgan fingerprint density at radius 1 is 1.03 bits per heavy atom. The topological polar surface area (TPSA) is 102 Å². The minimum atomic E-state index is -0.345. The van der Waals surface area contributed by atoms with Gasteiger partial charge in [-0.3, -0.25) is 9.59 Å². The molecular weight excluding hydrogens is 430 g/mol. The molecule has 0 radical (unpaired) electrons. The van der Waals surface area contributed by atoms with Crippen molar-refractivity contribution >= 4 is 40.4 Å². The first-order chi connectivity index (χ1) is 15.2. The second kappa shape index (κ2) is 8.47. The number of hydrogen-bond donors (Lipinski definition) is 2. The molecule has 0 aliphatic heterocycles. The lowest BCUT2D eigenvalue weighted by atomic mass is 9.93. The molecule has 3 heterocycles. The number of imidazole rings is 1. The fourth-order valence-electron chi connectivity index (χ4n) is 3.02. The van der Waals surface area contributed by atoms with Gasteiger partial charge in [0.05, 0.1) is 17.1 Å². The summed E-state index contributed by atoms with van der Waals surface area (Å²) in [7, 11) is 0. The quantitative estimate of drug-likeness (QED) is 0.457. The van der Waals surface area contributed by atoms with Gasteiger partial charge in [0.25, 0.3) is 5.91 Å². The zero-order chi connectivity index (χ0) is 22.9. The number of aromatic nitrogens is 3. The third-order valence-corrected chi connectivity index (χ3v) is 4.94. The molecule has 0 bridgehead atoms. The first kappa shape index (κ1) is 21.6. The average molecular weight is 452 g/mol. The van der Waals surface area contributed by atoms with Crippen LogP contribution in [-0.4, -0.2) is 26.4 Å². The Morgan fingerprint density at radius 3 is 2.38 bits per heavy atom. The SMILES string of the molecule is CC(C)(C)c1cc(CC(=O)Nc2ccc(NC(=O)c3cn4cc(Cl)ccc4n3)cc2)no1. The molecule has 8 nitrogen and oxygen atoms in total. The molecule has 2 N–H and O–H groups in total. The monoisotopic (exact) mass is 451 g/mol. The standard InChI is InChI=1S/C23H22ClN5O3/c1-23(2,3)19-10-17(28-32-19)11-21(30)25-15-5-7-16(8-6-15)26-22(31)18-13-29-12-14(24)4-9-20(29)27-18/h4-10,12-13H,11H2,1-3H3,(H,25,30)(H,26,31). The molecule has 0 unspecified atom stereocenters. The van der Waals surface area contributed by atoms with Gasteiger partial charge in [0.1, 0.15) is 17.1 Å². The van der Waals surface area contributed by atoms with Gasteiger partial charge in [-0.2, -0.15) is 0 Å². The summed E-state index contributed by atoms with van der Waals surface area (Å²) in [5.74, 6) is 0.176. The fraction of sp³-hybridized carbons (Fsp3) is 0.217. The number of hydrogen-bond acceptors (Lipinski definition) is 5. The number of carbonyl (C=O) groups excluding carboxylic acids is 2. The summed E-state index contributed by atoms with van der Waals surface area (Å²) in [6, 6.07) is 12.1. The summed E-state index contributed by atoms with van der Waals surface area (Å²) in [4.78, 5) is 29.1. The maximum atomic E-state index is 12.5. The molecule has 9 heteroatoms. The lowest BCUT2D eigenvalue weighted by Crippen LogP contribution is -2.15. The van der Waals surface area contributed by atoms with Gasteiger partial charge in [0.2, 0.25) is 5.91 Å². The van der Waals surface area contributed by atoms with Crippen molar-refractivity contribution in [3.63, 3.8) is 0 Å². The molecule has 0 saturated carbocycles. The van der Waals surface area contributed by atoms with Gasteiger partial charge in [-0.1, -0.05) is 37.5 Å². The summed E-state index contributed by atoms with van der Waals surface area (Å²) in [6.07, 6.45) is 3.40. The Hall–Kier alpha value is -3.65. The largest absolute Gasteiger partial charge is 0.361 e. The Balaban J connectivity index is 1.35. The number of carbonyl (C=O) groups is 2. The number of nitrogens with one attached hydrogen (secondary N) is 2. The fourth-order valence-corrected chi connectivity index (χ4v) is 3.19. The molecule has 0 atom stereocenters. The van der Waals surface area contributed by atoms with Gasteiger partial charge >= 0.3 is 0 Å². The van der Waals surface area contributed by atoms with Gasteiger partial charge in [-0.15, -0.1) is 0 Å². The second-order valence-corrected chi connectivity index (χ2v) is 8.86. The third-order valence-electron chi connectivity index (χ3n) is 4.71. The molecule has 0 spiro atoms. The van der Waals surface area contributed by atoms with Crippen LogP contribution in [0.3, 0.4) is 0 Å². The van der Waals surface area contributed by atoms with E-state index in [1.54, 1.807) is 59.3 Å². The molecule has 0 aliphatic carbocycles. The summed E-state index contributed by atoms with van der Waals surface area (Å²) >= 11 is 5.97. The van der Waals surface area contributed by atoms with E-state index in [4.69, 9.17) is 16.1 Å². The molecular formula is C23H22ClN5O3. The number of pyridine rings is 1. The van der Waals surface area contributed by atoms with E-state index in [1.165, 1.54) is 0 Å². The van der Waals surface area contributed by atoms with E-state index < -0.39 is 0 Å². The van der Waals surface area contributed by atoms with E-state index in [0.29, 0.717) is 27.7 Å². The molecule has 2 amide bonds. The molecule has 0 fully saturated rings. The normalized spacial score (nSPS) is 11.5. The first-order valence-corrected chi connectivity index (χ1v) is 10.4. The van der Waals surface area contributed by atoms with Crippen LogP contribution < -0.4 is 10.6 Å². The summed E-state index contributed by atoms with van der Waals surface area (Å²) in [6.45, 7) is 6.05. The second-order valence-electron chi connectivity index (χ2n) is 8.43. The summed E-state index contributed by atoms with van der Waals surface area (Å²) in [5.41, 5.74) is 2.49. The van der Waals surface area contributed by atoms with Gasteiger partial charge in [-0.25, -0.2) is 4.98 Å². The summed E-state index contributed by atoms with van der Waals surface area (Å²) in [5, 5.41) is 10.1. The van der Waals surface area contributed by atoms with Gasteiger partial charge in [-0.05, 0) is 36.4 Å². The number of benzene rings is 1. The Bertz CT molecular complexity index is 1290. The van der Waals surface area contributed by atoms with Crippen LogP contribution in [0.4, 0.5) is 11.4 Å². The number of nitrogens with zero attached hydrogens (tertiary/aromatic N) is 3. The molecule has 164 valence electrons. The smallest absolute Gasteiger partial charge is 0.275 e. The van der Waals surface area contributed by atoms with Crippen molar-refractivity contribution in [2.45, 2.75) is 32.6 Å². The molecule has 3 aromatic heterocycles. The van der Waals surface area contributed by atoms with Gasteiger partial charge < -0.3 is 19.6 Å². The van der Waals surface area contributed by atoms with Crippen molar-refractivity contribution in [3.05, 3.63) is 77.0 Å². The first-order valence-electron chi connectivity index (χ1n) is 9.99. The Morgan fingerprint density at radius 2 is 1.72 bits per heavy atom. The van der Waals surface area contributed by atoms with Crippen molar-refractivity contribution in [3.8, 4) is 0 Å². The van der Waals surface area contributed by atoms with E-state index in [9.17, 15) is 9.59 Å². The average Bonchev–Trinajstić information content (AvgIpc) is 3.36. The van der Waals surface area contributed by atoms with Crippen molar-refractivity contribution in [1.29, 1.82) is 0 Å². The number of anilines is 2. The number of fused-ring (bicyclic) bond motifs is 1. The highest BCUT2D eigenvalue weighted by atomic mass is 35.5. The maximum Gasteiger partial charge on any atom is 0.275 e. The molecule has 1 aromatic carbocycles. The molecule has 4 aromatic rings. The lowest BCUT2D eigenvalue weighted by molar-refractivity contribution is -0.115. The van der Waals surface area contributed by atoms with Crippen LogP contribution in [0.1, 0.15) is 42.7 Å². The van der Waals surface area contributed by atoms with Crippen LogP contribution in [0.2, 0.25) is 5.02 Å². The predicted octanol–water partition coefficient (Wildman–Crippen LogP) is 4.71. The van der Waals surface area contributed by atoms with E-state index in [2.05, 4.69) is 20.8 Å². The van der Waals surface area contributed by atoms with Crippen LogP contribution >= 0.6 is 11.6 Å². The predicted molar refractivity (Wildman–Crippen MR) is 122 cm³/mol. The zero-order valence-corrected chi connectivity index (χ0v) is 18.6. The Kier molecular flexibility index (Phi) is 5.71. The summed E-state index contributed by atoms with van der Waals surface area (Å²) < 4.78 is 7.00. The molecule has 0 aliphatic rings. The van der Waals surface area contributed by atoms with Crippen LogP contribution in [0.25, 0.3) is 5.65 Å². The minimum Gasteiger partial charge on any atom is -0.361 e. The van der Waals surface area contributed by atoms with E-state index >= 15 is 0 Å². The minimum absolute atomic E-state index is 0.107. The molecule has 32 heavy (non-hydrogen) atoms. The molecule has 4 rings (SSSR count). The Labute approximate surface area is 189 Å². The van der Waals surface area contributed by atoms with E-state index in [0.717, 1.165) is 5.76 Å². The van der Waals surface area contributed by atoms with Crippen LogP contribution in [0.15, 0.2) is 59.4 Å². The third kappa shape index (κ3) is 4.97. The van der Waals surface area contributed by atoms with Crippen molar-refractivity contribution in [2.75, 3.05) is 10.6 Å². The molecule has 0 saturated heterocycles. The highest BCUT2D eigenvalue weighted by Crippen LogP contribution is 2.23. The lowest BCUT2D eigenvalue weighted by Gasteiger charge is -2.12. The number of rotatable bonds is 5. The van der Waals surface area contributed by atoms with Crippen LogP contribution in [0, 0.1) is 0 Å². The highest BCUT2D eigenvalue weighted by Gasteiger charge is 2.20. The van der Waals surface area contributed by atoms with Gasteiger partial charge in [0, 0.05) is 35.2 Å². The van der Waals surface area contributed by atoms with Crippen molar-refractivity contribution < 1.29 is 14.1 Å². The number of amides is 2. The maximum absolute atomic E-state index is 12.5. The van der Waals surface area contributed by atoms with Crippen molar-refractivity contribution in [2.24, 2.45) is 0 Å². The van der Waals surface area contributed by atoms with Crippen LogP contribution in [0.5, 0.6) is 0 Å². The van der Waals surface area contributed by atoms with Crippen molar-refractivity contribution in [1.82, 2.24) is 14.5 Å². The highest BCUT2D eigenvalue weighted by molar-refractivity contribution is 6.30. The zero-order valence-electron chi connectivity index (χ0n) is 17.8. The van der Waals surface area contributed by atoms with E-state index in [1.807, 2.05) is 20.8 Å². The van der Waals surface area contributed by atoms with Gasteiger partial charge in [0.15, 0.2) is 0 Å². The van der Waals surface area contributed by atoms with E-state index in [-0.39, 0.29) is 29.3 Å². The number of halogens is 1. The van der Waals surface area contributed by atoms with Crippen LogP contribution in [-0.2, 0) is 16.6 Å².